The molecule has 7 heteroatoms. The Kier molecular flexibility index (Phi) is 11.9. The van der Waals surface area contributed by atoms with Gasteiger partial charge in [0.05, 0.1) is 0 Å². The predicted octanol–water partition coefficient (Wildman–Crippen LogP) is 2.72. The van der Waals surface area contributed by atoms with Crippen molar-refractivity contribution in [1.29, 1.82) is 0 Å². The van der Waals surface area contributed by atoms with E-state index in [9.17, 15) is 4.79 Å². The molecule has 0 atom stereocenters. The second-order valence-electron chi connectivity index (χ2n) is 8.08. The third-order valence-corrected chi connectivity index (χ3v) is 4.28. The zero-order valence-corrected chi connectivity index (χ0v) is 17.9. The van der Waals surface area contributed by atoms with Gasteiger partial charge in [-0.15, -0.1) is 0 Å². The second kappa shape index (κ2) is 13.6. The quantitative estimate of drug-likeness (QED) is 0.307. The molecule has 1 heterocycles. The normalized spacial score (nSPS) is 16.1. The molecule has 0 bridgehead atoms. The monoisotopic (exact) mass is 383 g/mol. The zero-order valence-electron chi connectivity index (χ0n) is 17.9. The summed E-state index contributed by atoms with van der Waals surface area (Å²) in [5, 5.41) is 9.22. The van der Waals surface area contributed by atoms with Crippen molar-refractivity contribution in [1.82, 2.24) is 20.9 Å². The molecule has 0 aliphatic carbocycles. The van der Waals surface area contributed by atoms with Crippen LogP contribution in [-0.4, -0.2) is 68.4 Å². The number of rotatable bonds is 10. The van der Waals surface area contributed by atoms with E-state index in [0.717, 1.165) is 25.5 Å². The van der Waals surface area contributed by atoms with Gasteiger partial charge in [0.1, 0.15) is 5.60 Å². The number of aliphatic imine (C=N–C) groups is 1. The molecule has 0 saturated carbocycles. The van der Waals surface area contributed by atoms with Gasteiger partial charge < -0.3 is 25.6 Å². The summed E-state index contributed by atoms with van der Waals surface area (Å²) in [6.45, 7) is 14.2. The van der Waals surface area contributed by atoms with Gasteiger partial charge in [0.2, 0.25) is 0 Å². The number of guanidine groups is 1. The van der Waals surface area contributed by atoms with Crippen LogP contribution >= 0.6 is 0 Å². The van der Waals surface area contributed by atoms with Crippen molar-refractivity contribution in [3.05, 3.63) is 0 Å². The summed E-state index contributed by atoms with van der Waals surface area (Å²) in [4.78, 5) is 18.8. The Balaban J connectivity index is 2.11. The number of nitrogens with one attached hydrogen (secondary N) is 3. The Bertz CT molecular complexity index is 429. The molecule has 1 saturated heterocycles. The van der Waals surface area contributed by atoms with Crippen molar-refractivity contribution in [2.45, 2.75) is 71.8 Å². The largest absolute Gasteiger partial charge is 0.444 e. The van der Waals surface area contributed by atoms with Crippen molar-refractivity contribution >= 4 is 12.1 Å². The van der Waals surface area contributed by atoms with Gasteiger partial charge in [0.15, 0.2) is 5.96 Å². The number of amides is 1. The molecule has 1 amide bonds. The summed E-state index contributed by atoms with van der Waals surface area (Å²) in [6.07, 6.45) is 7.34. The molecule has 1 aliphatic heterocycles. The number of likely N-dealkylation sites (tertiary alicyclic amines) is 1. The van der Waals surface area contributed by atoms with Gasteiger partial charge in [0.25, 0.3) is 0 Å². The molecule has 158 valence electrons. The Morgan fingerprint density at radius 1 is 1.00 bits per heavy atom. The number of hydrogen-bond donors (Lipinski definition) is 3. The van der Waals surface area contributed by atoms with Crippen molar-refractivity contribution in [3.63, 3.8) is 0 Å². The van der Waals surface area contributed by atoms with Crippen LogP contribution in [0, 0.1) is 0 Å². The molecule has 27 heavy (non-hydrogen) atoms. The predicted molar refractivity (Wildman–Crippen MR) is 112 cm³/mol. The topological polar surface area (TPSA) is 78.0 Å². The molecule has 0 aromatic rings. The van der Waals surface area contributed by atoms with Crippen LogP contribution in [0.25, 0.3) is 0 Å². The van der Waals surface area contributed by atoms with Crippen LogP contribution in [0.5, 0.6) is 0 Å². The third-order valence-electron chi connectivity index (χ3n) is 4.28. The van der Waals surface area contributed by atoms with Crippen LogP contribution in [0.3, 0.4) is 0 Å². The van der Waals surface area contributed by atoms with Gasteiger partial charge in [-0.25, -0.2) is 4.79 Å². The lowest BCUT2D eigenvalue weighted by molar-refractivity contribution is 0.0529. The molecule has 0 spiro atoms. The van der Waals surface area contributed by atoms with Crippen LogP contribution in [0.4, 0.5) is 4.79 Å². The fourth-order valence-electron chi connectivity index (χ4n) is 3.00. The van der Waals surface area contributed by atoms with Crippen LogP contribution in [0.2, 0.25) is 0 Å². The highest BCUT2D eigenvalue weighted by molar-refractivity contribution is 5.79. The standard InChI is InChI=1S/C20H41N5O2/c1-5-21-18(23-13-14-24-19(26)27-20(2,3)4)22-12-8-6-9-15-25-16-10-7-11-17-25/h5-17H2,1-4H3,(H,24,26)(H2,21,22,23). The number of hydrogen-bond acceptors (Lipinski definition) is 4. The minimum absolute atomic E-state index is 0.389. The second-order valence-corrected chi connectivity index (χ2v) is 8.08. The third kappa shape index (κ3) is 13.3. The van der Waals surface area contributed by atoms with Crippen LogP contribution in [-0.2, 0) is 4.74 Å². The smallest absolute Gasteiger partial charge is 0.407 e. The summed E-state index contributed by atoms with van der Waals surface area (Å²) in [7, 11) is 0. The first kappa shape index (κ1) is 23.5. The fraction of sp³-hybridized carbons (Fsp3) is 0.900. The molecular formula is C20H41N5O2. The Morgan fingerprint density at radius 2 is 1.70 bits per heavy atom. The van der Waals surface area contributed by atoms with Gasteiger partial charge >= 0.3 is 6.09 Å². The van der Waals surface area contributed by atoms with Gasteiger partial charge in [-0.3, -0.25) is 4.99 Å². The average molecular weight is 384 g/mol. The van der Waals surface area contributed by atoms with Crippen molar-refractivity contribution < 1.29 is 9.53 Å². The van der Waals surface area contributed by atoms with Crippen molar-refractivity contribution in [3.8, 4) is 0 Å². The Labute approximate surface area is 165 Å². The van der Waals surface area contributed by atoms with E-state index in [0.29, 0.717) is 13.1 Å². The summed E-state index contributed by atoms with van der Waals surface area (Å²) in [5.41, 5.74) is -0.470. The summed E-state index contributed by atoms with van der Waals surface area (Å²) < 4.78 is 5.21. The molecule has 7 nitrogen and oxygen atoms in total. The van der Waals surface area contributed by atoms with Crippen LogP contribution < -0.4 is 16.0 Å². The van der Waals surface area contributed by atoms with E-state index in [-0.39, 0.29) is 6.09 Å². The minimum Gasteiger partial charge on any atom is -0.444 e. The van der Waals surface area contributed by atoms with E-state index >= 15 is 0 Å². The number of carbonyl (C=O) groups is 1. The molecule has 1 rings (SSSR count). The number of piperidine rings is 1. The first-order valence-corrected chi connectivity index (χ1v) is 10.6. The first-order chi connectivity index (χ1) is 12.9. The number of unbranched alkanes of at least 4 members (excludes halogenated alkanes) is 2. The number of carbonyl (C=O) groups excluding carboxylic acids is 1. The van der Waals surface area contributed by atoms with Gasteiger partial charge in [0, 0.05) is 26.2 Å². The lowest BCUT2D eigenvalue weighted by atomic mass is 10.1. The van der Waals surface area contributed by atoms with Gasteiger partial charge in [-0.05, 0) is 73.0 Å². The van der Waals surface area contributed by atoms with E-state index in [4.69, 9.17) is 4.74 Å². The maximum Gasteiger partial charge on any atom is 0.407 e. The highest BCUT2D eigenvalue weighted by Gasteiger charge is 2.15. The zero-order chi connectivity index (χ0) is 20.0. The minimum atomic E-state index is -0.470. The highest BCUT2D eigenvalue weighted by atomic mass is 16.6. The average Bonchev–Trinajstić information content (AvgIpc) is 2.61. The van der Waals surface area contributed by atoms with E-state index in [1.807, 2.05) is 20.8 Å². The molecule has 0 aromatic carbocycles. The maximum atomic E-state index is 11.6. The van der Waals surface area contributed by atoms with Crippen molar-refractivity contribution in [2.75, 3.05) is 45.8 Å². The molecule has 0 unspecified atom stereocenters. The summed E-state index contributed by atoms with van der Waals surface area (Å²) >= 11 is 0. The van der Waals surface area contributed by atoms with Gasteiger partial charge in [-0.2, -0.15) is 0 Å². The summed E-state index contributed by atoms with van der Waals surface area (Å²) in [5.74, 6) is 0.805. The Morgan fingerprint density at radius 3 is 2.37 bits per heavy atom. The molecule has 1 fully saturated rings. The van der Waals surface area contributed by atoms with E-state index in [1.165, 1.54) is 51.7 Å². The summed E-state index contributed by atoms with van der Waals surface area (Å²) in [6, 6.07) is 0. The van der Waals surface area contributed by atoms with Crippen molar-refractivity contribution in [2.24, 2.45) is 4.99 Å². The van der Waals surface area contributed by atoms with Crippen LogP contribution in [0.15, 0.2) is 4.99 Å². The lowest BCUT2D eigenvalue weighted by Gasteiger charge is -2.26. The molecule has 0 radical (unpaired) electrons. The lowest BCUT2D eigenvalue weighted by Crippen LogP contribution is -2.42. The maximum absolute atomic E-state index is 11.6. The van der Waals surface area contributed by atoms with E-state index in [1.54, 1.807) is 0 Å². The number of nitrogens with zero attached hydrogens (tertiary/aromatic N) is 2. The SMILES string of the molecule is CCNC(=NCCCCCN1CCCCC1)NCCNC(=O)OC(C)(C)C. The highest BCUT2D eigenvalue weighted by Crippen LogP contribution is 2.10. The number of alkyl carbamates (subject to hydrolysis) is 1. The van der Waals surface area contributed by atoms with Gasteiger partial charge in [-0.1, -0.05) is 12.8 Å². The first-order valence-electron chi connectivity index (χ1n) is 10.6. The Hall–Kier alpha value is -1.50. The van der Waals surface area contributed by atoms with E-state index in [2.05, 4.69) is 32.8 Å². The van der Waals surface area contributed by atoms with E-state index < -0.39 is 5.60 Å². The fourth-order valence-corrected chi connectivity index (χ4v) is 3.00. The molecule has 3 N–H and O–H groups in total. The molecular weight excluding hydrogens is 342 g/mol. The molecule has 0 aromatic heterocycles. The van der Waals surface area contributed by atoms with Crippen LogP contribution in [0.1, 0.15) is 66.2 Å². The number of ether oxygens (including phenoxy) is 1. The molecule has 1 aliphatic rings.